The molecule has 1 N–H and O–H groups in total. The summed E-state index contributed by atoms with van der Waals surface area (Å²) >= 11 is 0. The summed E-state index contributed by atoms with van der Waals surface area (Å²) < 4.78 is 27.8. The molecule has 146 valence electrons. The zero-order valence-electron chi connectivity index (χ0n) is 16.1. The van der Waals surface area contributed by atoms with Crippen molar-refractivity contribution in [3.63, 3.8) is 0 Å². The summed E-state index contributed by atoms with van der Waals surface area (Å²) in [5, 5.41) is 0. The van der Waals surface area contributed by atoms with Gasteiger partial charge in [0.25, 0.3) is 5.91 Å². The predicted molar refractivity (Wildman–Crippen MR) is 106 cm³/mol. The topological polar surface area (TPSA) is 71.4 Å². The van der Waals surface area contributed by atoms with E-state index in [4.69, 9.17) is 0 Å². The van der Waals surface area contributed by atoms with Gasteiger partial charge in [-0.1, -0.05) is 30.3 Å². The highest BCUT2D eigenvalue weighted by atomic mass is 32.2. The van der Waals surface area contributed by atoms with Crippen LogP contribution in [0.25, 0.3) is 0 Å². The first-order chi connectivity index (χ1) is 12.7. The number of benzene rings is 1. The van der Waals surface area contributed by atoms with Gasteiger partial charge in [-0.25, -0.2) is 13.1 Å². The van der Waals surface area contributed by atoms with Crippen LogP contribution in [0.15, 0.2) is 36.4 Å². The van der Waals surface area contributed by atoms with Crippen LogP contribution in [-0.2, 0) is 16.6 Å². The van der Waals surface area contributed by atoms with Crippen LogP contribution in [-0.4, -0.2) is 49.2 Å². The number of sulfonamides is 1. The maximum atomic E-state index is 13.1. The fraction of sp³-hybridized carbons (Fsp3) is 0.450. The minimum absolute atomic E-state index is 0.0255. The van der Waals surface area contributed by atoms with E-state index in [1.54, 1.807) is 4.90 Å². The van der Waals surface area contributed by atoms with Crippen LogP contribution < -0.4 is 4.72 Å². The molecule has 0 bridgehead atoms. The van der Waals surface area contributed by atoms with Gasteiger partial charge in [-0.3, -0.25) is 4.79 Å². The van der Waals surface area contributed by atoms with E-state index in [0.29, 0.717) is 18.7 Å². The van der Waals surface area contributed by atoms with E-state index in [-0.39, 0.29) is 11.9 Å². The molecule has 6 nitrogen and oxygen atoms in total. The first kappa shape index (κ1) is 19.6. The number of hydrogen-bond acceptors (Lipinski definition) is 3. The summed E-state index contributed by atoms with van der Waals surface area (Å²) in [7, 11) is -3.27. The molecule has 3 rings (SSSR count). The zero-order valence-corrected chi connectivity index (χ0v) is 16.9. The van der Waals surface area contributed by atoms with E-state index >= 15 is 0 Å². The highest BCUT2D eigenvalue weighted by Crippen LogP contribution is 2.21. The molecule has 7 heteroatoms. The molecular weight excluding hydrogens is 362 g/mol. The lowest BCUT2D eigenvalue weighted by atomic mass is 10.1. The maximum Gasteiger partial charge on any atom is 0.255 e. The van der Waals surface area contributed by atoms with Gasteiger partial charge in [0, 0.05) is 37.1 Å². The molecule has 1 aliphatic heterocycles. The fourth-order valence-corrected chi connectivity index (χ4v) is 4.56. The second-order valence-corrected chi connectivity index (χ2v) is 9.12. The van der Waals surface area contributed by atoms with E-state index in [9.17, 15) is 13.2 Å². The number of aromatic nitrogens is 1. The van der Waals surface area contributed by atoms with Gasteiger partial charge in [0.1, 0.15) is 0 Å². The predicted octanol–water partition coefficient (Wildman–Crippen LogP) is 2.31. The van der Waals surface area contributed by atoms with Gasteiger partial charge in [-0.2, -0.15) is 0 Å². The van der Waals surface area contributed by atoms with E-state index in [2.05, 4.69) is 21.4 Å². The lowest BCUT2D eigenvalue weighted by molar-refractivity contribution is 0.0702. The van der Waals surface area contributed by atoms with Crippen molar-refractivity contribution >= 4 is 15.9 Å². The molecule has 0 unspecified atom stereocenters. The summed E-state index contributed by atoms with van der Waals surface area (Å²) in [6.07, 6.45) is 2.70. The van der Waals surface area contributed by atoms with Gasteiger partial charge in [-0.15, -0.1) is 0 Å². The van der Waals surface area contributed by atoms with E-state index in [0.717, 1.165) is 37.0 Å². The van der Waals surface area contributed by atoms with Crippen LogP contribution >= 0.6 is 0 Å². The van der Waals surface area contributed by atoms with Crippen molar-refractivity contribution in [2.24, 2.45) is 0 Å². The quantitative estimate of drug-likeness (QED) is 0.853. The van der Waals surface area contributed by atoms with Crippen molar-refractivity contribution < 1.29 is 13.2 Å². The molecule has 1 saturated heterocycles. The minimum Gasteiger partial charge on any atom is -0.344 e. The van der Waals surface area contributed by atoms with Crippen LogP contribution in [0.4, 0.5) is 0 Å². The van der Waals surface area contributed by atoms with Crippen molar-refractivity contribution in [2.45, 2.75) is 39.3 Å². The van der Waals surface area contributed by atoms with Crippen LogP contribution in [0, 0.1) is 13.8 Å². The van der Waals surface area contributed by atoms with E-state index in [1.807, 2.05) is 38.1 Å². The molecule has 1 amide bonds. The van der Waals surface area contributed by atoms with Crippen molar-refractivity contribution in [1.82, 2.24) is 14.2 Å². The number of nitrogens with one attached hydrogen (secondary N) is 1. The second-order valence-electron chi connectivity index (χ2n) is 7.34. The van der Waals surface area contributed by atoms with Gasteiger partial charge in [0.2, 0.25) is 10.0 Å². The van der Waals surface area contributed by atoms with Crippen LogP contribution in [0.2, 0.25) is 0 Å². The Morgan fingerprint density at radius 2 is 1.93 bits per heavy atom. The summed E-state index contributed by atoms with van der Waals surface area (Å²) in [6.45, 7) is 5.78. The van der Waals surface area contributed by atoms with Gasteiger partial charge < -0.3 is 9.47 Å². The molecule has 0 aliphatic carbocycles. The molecule has 1 atom stereocenters. The number of rotatable bonds is 5. The van der Waals surface area contributed by atoms with Crippen molar-refractivity contribution in [3.05, 3.63) is 58.9 Å². The molecule has 2 aromatic rings. The van der Waals surface area contributed by atoms with Crippen LogP contribution in [0.5, 0.6) is 0 Å². The summed E-state index contributed by atoms with van der Waals surface area (Å²) in [6, 6.07) is 11.9. The molecule has 0 spiro atoms. The van der Waals surface area contributed by atoms with Gasteiger partial charge >= 0.3 is 0 Å². The summed E-state index contributed by atoms with van der Waals surface area (Å²) in [5.74, 6) is -0.0255. The number of piperidine rings is 1. The Morgan fingerprint density at radius 1 is 1.22 bits per heavy atom. The summed E-state index contributed by atoms with van der Waals surface area (Å²) in [4.78, 5) is 14.8. The standard InChI is InChI=1S/C20H27N3O3S/c1-15-12-19(16(2)23(15)13-17-8-5-4-6-9-17)20(24)22-11-7-10-18(14-22)21-27(3,25)26/h4-6,8-9,12,18,21H,7,10-11,13-14H2,1-3H3/t18-/m0/s1. The first-order valence-electron chi connectivity index (χ1n) is 9.22. The highest BCUT2D eigenvalue weighted by Gasteiger charge is 2.28. The fourth-order valence-electron chi connectivity index (χ4n) is 3.76. The van der Waals surface area contributed by atoms with Gasteiger partial charge in [0.15, 0.2) is 0 Å². The average molecular weight is 390 g/mol. The number of likely N-dealkylation sites (tertiary alicyclic amines) is 1. The number of aryl methyl sites for hydroxylation is 1. The Kier molecular flexibility index (Phi) is 5.72. The second kappa shape index (κ2) is 7.86. The van der Waals surface area contributed by atoms with E-state index in [1.165, 1.54) is 5.56 Å². The molecule has 2 heterocycles. The first-order valence-corrected chi connectivity index (χ1v) is 11.1. The molecule has 0 saturated carbocycles. The minimum atomic E-state index is -3.27. The Bertz CT molecular complexity index is 919. The Labute approximate surface area is 161 Å². The number of nitrogens with zero attached hydrogens (tertiary/aromatic N) is 2. The smallest absolute Gasteiger partial charge is 0.255 e. The van der Waals surface area contributed by atoms with Crippen LogP contribution in [0.1, 0.15) is 40.2 Å². The normalized spacial score (nSPS) is 17.9. The molecule has 1 aliphatic rings. The number of hydrogen-bond donors (Lipinski definition) is 1. The largest absolute Gasteiger partial charge is 0.344 e. The Balaban J connectivity index is 1.78. The molecule has 1 fully saturated rings. The third kappa shape index (κ3) is 4.78. The van der Waals surface area contributed by atoms with Gasteiger partial charge in [-0.05, 0) is 38.3 Å². The Hall–Kier alpha value is -2.12. The SMILES string of the molecule is Cc1cc(C(=O)N2CCC[C@H](NS(C)(=O)=O)C2)c(C)n1Cc1ccccc1. The monoisotopic (exact) mass is 389 g/mol. The maximum absolute atomic E-state index is 13.1. The third-order valence-corrected chi connectivity index (χ3v) is 5.84. The zero-order chi connectivity index (χ0) is 19.6. The van der Waals surface area contributed by atoms with E-state index < -0.39 is 10.0 Å². The highest BCUT2D eigenvalue weighted by molar-refractivity contribution is 7.88. The molecule has 0 radical (unpaired) electrons. The molecular formula is C20H27N3O3S. The molecule has 27 heavy (non-hydrogen) atoms. The number of carbonyl (C=O) groups excluding carboxylic acids is 1. The molecule has 1 aromatic carbocycles. The van der Waals surface area contributed by atoms with Crippen LogP contribution in [0.3, 0.4) is 0 Å². The lowest BCUT2D eigenvalue weighted by Crippen LogP contribution is -2.49. The summed E-state index contributed by atoms with van der Waals surface area (Å²) in [5.41, 5.74) is 3.87. The molecule has 1 aromatic heterocycles. The Morgan fingerprint density at radius 3 is 2.59 bits per heavy atom. The number of amides is 1. The number of carbonyl (C=O) groups is 1. The third-order valence-electron chi connectivity index (χ3n) is 5.08. The van der Waals surface area contributed by atoms with Crippen molar-refractivity contribution in [2.75, 3.05) is 19.3 Å². The van der Waals surface area contributed by atoms with Crippen molar-refractivity contribution in [3.8, 4) is 0 Å². The van der Waals surface area contributed by atoms with Crippen molar-refractivity contribution in [1.29, 1.82) is 0 Å². The average Bonchev–Trinajstić information content (AvgIpc) is 2.89. The van der Waals surface area contributed by atoms with Gasteiger partial charge in [0.05, 0.1) is 11.8 Å². The lowest BCUT2D eigenvalue weighted by Gasteiger charge is -2.32.